The van der Waals surface area contributed by atoms with Crippen LogP contribution in [-0.2, 0) is 0 Å². The number of hydrogen-bond donors (Lipinski definition) is 2. The lowest BCUT2D eigenvalue weighted by atomic mass is 10.1. The molecule has 2 N–H and O–H groups in total. The topological polar surface area (TPSA) is 50.4 Å². The van der Waals surface area contributed by atoms with Gasteiger partial charge in [0.05, 0.1) is 12.7 Å². The van der Waals surface area contributed by atoms with Gasteiger partial charge in [-0.05, 0) is 35.9 Å². The number of carbonyl (C=O) groups is 1. The fraction of sp³-hybridized carbons (Fsp3) is 0.133. The summed E-state index contributed by atoms with van der Waals surface area (Å²) in [6.07, 6.45) is -0.286. The van der Waals surface area contributed by atoms with Gasteiger partial charge in [-0.1, -0.05) is 23.7 Å². The highest BCUT2D eigenvalue weighted by Gasteiger charge is 2.24. The van der Waals surface area contributed by atoms with E-state index >= 15 is 0 Å². The van der Waals surface area contributed by atoms with Crippen molar-refractivity contribution in [3.8, 4) is 5.75 Å². The zero-order valence-electron chi connectivity index (χ0n) is 10.8. The Morgan fingerprint density at radius 3 is 2.80 bits per heavy atom. The molecule has 1 atom stereocenters. The summed E-state index contributed by atoms with van der Waals surface area (Å²) >= 11 is 5.91. The monoisotopic (exact) mass is 288 g/mol. The minimum atomic E-state index is -0.286. The molecular formula is C15H13ClN2O2. The Labute approximate surface area is 121 Å². The van der Waals surface area contributed by atoms with Crippen LogP contribution in [0.15, 0.2) is 42.5 Å². The summed E-state index contributed by atoms with van der Waals surface area (Å²) in [5.41, 5.74) is 2.25. The Kier molecular flexibility index (Phi) is 3.24. The van der Waals surface area contributed by atoms with Crippen molar-refractivity contribution in [2.75, 3.05) is 12.4 Å². The average Bonchev–Trinajstić information content (AvgIpc) is 2.48. The lowest BCUT2D eigenvalue weighted by Crippen LogP contribution is -2.38. The first-order valence-electron chi connectivity index (χ1n) is 6.18. The third kappa shape index (κ3) is 2.30. The molecule has 20 heavy (non-hydrogen) atoms. The molecule has 0 unspecified atom stereocenters. The van der Waals surface area contributed by atoms with E-state index in [2.05, 4.69) is 10.6 Å². The van der Waals surface area contributed by atoms with Gasteiger partial charge in [-0.2, -0.15) is 0 Å². The van der Waals surface area contributed by atoms with Gasteiger partial charge < -0.3 is 15.4 Å². The Morgan fingerprint density at radius 1 is 1.15 bits per heavy atom. The number of ether oxygens (including phenoxy) is 1. The third-order valence-corrected chi connectivity index (χ3v) is 3.46. The summed E-state index contributed by atoms with van der Waals surface area (Å²) in [6.45, 7) is 0. The van der Waals surface area contributed by atoms with E-state index in [1.165, 1.54) is 0 Å². The molecule has 0 fully saturated rings. The van der Waals surface area contributed by atoms with Gasteiger partial charge in [-0.15, -0.1) is 0 Å². The fourth-order valence-electron chi connectivity index (χ4n) is 2.22. The SMILES string of the molecule is COc1cccc([C@@H]2NC(=O)c3cc(Cl)ccc3N2)c1. The summed E-state index contributed by atoms with van der Waals surface area (Å²) in [5, 5.41) is 6.72. The van der Waals surface area contributed by atoms with E-state index in [9.17, 15) is 4.79 Å². The fourth-order valence-corrected chi connectivity index (χ4v) is 2.39. The molecule has 3 rings (SSSR count). The predicted octanol–water partition coefficient (Wildman–Crippen LogP) is 3.20. The molecule has 2 aromatic rings. The second kappa shape index (κ2) is 5.06. The number of amides is 1. The van der Waals surface area contributed by atoms with Crippen LogP contribution < -0.4 is 15.4 Å². The van der Waals surface area contributed by atoms with Crippen LogP contribution >= 0.6 is 11.6 Å². The molecule has 0 aromatic heterocycles. The van der Waals surface area contributed by atoms with Gasteiger partial charge >= 0.3 is 0 Å². The second-order valence-corrected chi connectivity index (χ2v) is 4.95. The second-order valence-electron chi connectivity index (χ2n) is 4.52. The van der Waals surface area contributed by atoms with E-state index in [-0.39, 0.29) is 12.1 Å². The van der Waals surface area contributed by atoms with Gasteiger partial charge in [0.15, 0.2) is 0 Å². The molecule has 1 aliphatic rings. The maximum absolute atomic E-state index is 12.1. The zero-order chi connectivity index (χ0) is 14.1. The molecule has 0 radical (unpaired) electrons. The van der Waals surface area contributed by atoms with Crippen molar-refractivity contribution in [2.24, 2.45) is 0 Å². The minimum Gasteiger partial charge on any atom is -0.497 e. The predicted molar refractivity (Wildman–Crippen MR) is 78.3 cm³/mol. The maximum atomic E-state index is 12.1. The molecule has 1 heterocycles. The van der Waals surface area contributed by atoms with Crippen LogP contribution in [0.2, 0.25) is 5.02 Å². The van der Waals surface area contributed by atoms with E-state index in [4.69, 9.17) is 16.3 Å². The highest BCUT2D eigenvalue weighted by molar-refractivity contribution is 6.31. The molecule has 0 saturated heterocycles. The summed E-state index contributed by atoms with van der Waals surface area (Å²) in [5.74, 6) is 0.606. The number of nitrogens with one attached hydrogen (secondary N) is 2. The quantitative estimate of drug-likeness (QED) is 0.892. The van der Waals surface area contributed by atoms with E-state index in [1.807, 2.05) is 30.3 Å². The number of rotatable bonds is 2. The zero-order valence-corrected chi connectivity index (χ0v) is 11.6. The van der Waals surface area contributed by atoms with Crippen molar-refractivity contribution in [3.05, 3.63) is 58.6 Å². The van der Waals surface area contributed by atoms with Crippen LogP contribution in [0, 0.1) is 0 Å². The Bertz CT molecular complexity index is 673. The summed E-state index contributed by atoms with van der Waals surface area (Å²) in [7, 11) is 1.61. The normalized spacial score (nSPS) is 16.9. The number of anilines is 1. The molecule has 1 amide bonds. The van der Waals surface area contributed by atoms with Crippen LogP contribution in [0.3, 0.4) is 0 Å². The molecule has 0 bridgehead atoms. The lowest BCUT2D eigenvalue weighted by Gasteiger charge is -2.28. The molecule has 102 valence electrons. The Morgan fingerprint density at radius 2 is 2.00 bits per heavy atom. The third-order valence-electron chi connectivity index (χ3n) is 3.23. The minimum absolute atomic E-state index is 0.144. The van der Waals surface area contributed by atoms with E-state index in [1.54, 1.807) is 19.2 Å². The van der Waals surface area contributed by atoms with E-state index in [0.29, 0.717) is 10.6 Å². The summed E-state index contributed by atoms with van der Waals surface area (Å²) in [4.78, 5) is 12.1. The van der Waals surface area contributed by atoms with Gasteiger partial charge in [0.2, 0.25) is 0 Å². The number of hydrogen-bond acceptors (Lipinski definition) is 3. The van der Waals surface area contributed by atoms with Gasteiger partial charge in [0.1, 0.15) is 11.9 Å². The first kappa shape index (κ1) is 12.8. The molecule has 0 spiro atoms. The number of benzene rings is 2. The maximum Gasteiger partial charge on any atom is 0.255 e. The van der Waals surface area contributed by atoms with Gasteiger partial charge in [0.25, 0.3) is 5.91 Å². The Hall–Kier alpha value is -2.20. The largest absolute Gasteiger partial charge is 0.497 e. The van der Waals surface area contributed by atoms with Crippen molar-refractivity contribution < 1.29 is 9.53 Å². The molecule has 5 heteroatoms. The smallest absolute Gasteiger partial charge is 0.255 e. The van der Waals surface area contributed by atoms with Crippen molar-refractivity contribution in [3.63, 3.8) is 0 Å². The molecule has 2 aromatic carbocycles. The molecule has 1 aliphatic heterocycles. The van der Waals surface area contributed by atoms with Crippen molar-refractivity contribution >= 4 is 23.2 Å². The molecule has 0 saturated carbocycles. The van der Waals surface area contributed by atoms with Crippen LogP contribution in [0.25, 0.3) is 0 Å². The van der Waals surface area contributed by atoms with Gasteiger partial charge in [0, 0.05) is 10.7 Å². The van der Waals surface area contributed by atoms with Crippen molar-refractivity contribution in [2.45, 2.75) is 6.17 Å². The van der Waals surface area contributed by atoms with E-state index < -0.39 is 0 Å². The van der Waals surface area contributed by atoms with Gasteiger partial charge in [-0.25, -0.2) is 0 Å². The van der Waals surface area contributed by atoms with Crippen LogP contribution in [0.5, 0.6) is 5.75 Å². The highest BCUT2D eigenvalue weighted by atomic mass is 35.5. The first-order valence-corrected chi connectivity index (χ1v) is 6.56. The first-order chi connectivity index (χ1) is 9.67. The number of methoxy groups -OCH3 is 1. The van der Waals surface area contributed by atoms with Crippen molar-refractivity contribution in [1.29, 1.82) is 0 Å². The lowest BCUT2D eigenvalue weighted by molar-refractivity contribution is 0.0935. The summed E-state index contributed by atoms with van der Waals surface area (Å²) < 4.78 is 5.20. The van der Waals surface area contributed by atoms with Crippen LogP contribution in [-0.4, -0.2) is 13.0 Å². The Balaban J connectivity index is 1.94. The van der Waals surface area contributed by atoms with Gasteiger partial charge in [-0.3, -0.25) is 4.79 Å². The molecule has 0 aliphatic carbocycles. The standard InChI is InChI=1S/C15H13ClN2O2/c1-20-11-4-2-3-9(7-11)14-17-13-6-5-10(16)8-12(13)15(19)18-14/h2-8,14,17H,1H3,(H,18,19)/t14-/m0/s1. The van der Waals surface area contributed by atoms with Crippen LogP contribution in [0.4, 0.5) is 5.69 Å². The molecule has 4 nitrogen and oxygen atoms in total. The highest BCUT2D eigenvalue weighted by Crippen LogP contribution is 2.29. The van der Waals surface area contributed by atoms with E-state index in [0.717, 1.165) is 17.0 Å². The molecular weight excluding hydrogens is 276 g/mol. The summed E-state index contributed by atoms with van der Waals surface area (Å²) in [6, 6.07) is 12.8. The van der Waals surface area contributed by atoms with Crippen LogP contribution in [0.1, 0.15) is 22.1 Å². The van der Waals surface area contributed by atoms with Crippen molar-refractivity contribution in [1.82, 2.24) is 5.32 Å². The number of halogens is 1. The number of carbonyl (C=O) groups excluding carboxylic acids is 1. The number of fused-ring (bicyclic) bond motifs is 1. The average molecular weight is 289 g/mol.